The summed E-state index contributed by atoms with van der Waals surface area (Å²) in [7, 11) is -8.62. The standard InChI is InChI=1S/C36H28N2O6S2/c39-45(40,41)35-23-19-33(20-24-35)37(29-7-3-1-4-8-29)31-15-11-27(12-16-31)28-13-17-32(18-14-28)38(30-9-5-2-6-10-30)34-21-25-36(26-22-34)46(42,43)44/h1-26H,(H,39,40,41)(H,42,43,44). The van der Waals surface area contributed by atoms with Gasteiger partial charge in [-0.15, -0.1) is 0 Å². The van der Waals surface area contributed by atoms with Crippen LogP contribution in [0.15, 0.2) is 168 Å². The summed E-state index contributed by atoms with van der Waals surface area (Å²) in [5.74, 6) is 0. The van der Waals surface area contributed by atoms with Crippen molar-refractivity contribution in [2.75, 3.05) is 9.80 Å². The van der Waals surface area contributed by atoms with E-state index in [0.717, 1.165) is 45.3 Å². The molecule has 0 unspecified atom stereocenters. The van der Waals surface area contributed by atoms with Crippen molar-refractivity contribution >= 4 is 54.4 Å². The number of rotatable bonds is 9. The van der Waals surface area contributed by atoms with Crippen molar-refractivity contribution in [1.82, 2.24) is 0 Å². The smallest absolute Gasteiger partial charge is 0.294 e. The van der Waals surface area contributed by atoms with E-state index in [1.807, 2.05) is 119 Å². The molecule has 0 aliphatic carbocycles. The molecule has 0 saturated heterocycles. The number of para-hydroxylation sites is 2. The number of nitrogens with zero attached hydrogens (tertiary/aromatic N) is 2. The van der Waals surface area contributed by atoms with Crippen molar-refractivity contribution in [3.8, 4) is 11.1 Å². The minimum absolute atomic E-state index is 0.177. The fourth-order valence-electron chi connectivity index (χ4n) is 5.19. The summed E-state index contributed by atoms with van der Waals surface area (Å²) in [6.45, 7) is 0. The molecular weight excluding hydrogens is 621 g/mol. The van der Waals surface area contributed by atoms with Gasteiger partial charge in [-0.25, -0.2) is 0 Å². The fourth-order valence-corrected chi connectivity index (χ4v) is 6.15. The Labute approximate surface area is 267 Å². The van der Waals surface area contributed by atoms with E-state index in [0.29, 0.717) is 0 Å². The zero-order valence-corrected chi connectivity index (χ0v) is 25.9. The minimum atomic E-state index is -4.31. The highest BCUT2D eigenvalue weighted by atomic mass is 32.2. The summed E-state index contributed by atoms with van der Waals surface area (Å²) in [5, 5.41) is 0. The normalized spacial score (nSPS) is 11.6. The van der Waals surface area contributed by atoms with Gasteiger partial charge in [-0.2, -0.15) is 16.8 Å². The molecular formula is C36H28N2O6S2. The largest absolute Gasteiger partial charge is 0.311 e. The second kappa shape index (κ2) is 12.6. The first-order chi connectivity index (χ1) is 22.1. The Balaban J connectivity index is 1.31. The summed E-state index contributed by atoms with van der Waals surface area (Å²) in [5.41, 5.74) is 6.88. The highest BCUT2D eigenvalue weighted by Crippen LogP contribution is 2.38. The van der Waals surface area contributed by atoms with E-state index in [2.05, 4.69) is 0 Å². The number of hydrogen-bond donors (Lipinski definition) is 2. The van der Waals surface area contributed by atoms with Crippen LogP contribution in [0.4, 0.5) is 34.1 Å². The summed E-state index contributed by atoms with van der Waals surface area (Å²) >= 11 is 0. The van der Waals surface area contributed by atoms with Crippen LogP contribution in [-0.4, -0.2) is 25.9 Å². The fraction of sp³-hybridized carbons (Fsp3) is 0. The van der Waals surface area contributed by atoms with Crippen molar-refractivity contribution in [2.45, 2.75) is 9.79 Å². The Bertz CT molecular complexity index is 2000. The molecule has 0 fully saturated rings. The van der Waals surface area contributed by atoms with E-state index in [4.69, 9.17) is 0 Å². The lowest BCUT2D eigenvalue weighted by Crippen LogP contribution is -2.10. The molecule has 0 saturated carbocycles. The quantitative estimate of drug-likeness (QED) is 0.150. The molecule has 6 rings (SSSR count). The highest BCUT2D eigenvalue weighted by molar-refractivity contribution is 7.86. The van der Waals surface area contributed by atoms with Gasteiger partial charge in [0.2, 0.25) is 0 Å². The lowest BCUT2D eigenvalue weighted by atomic mass is 10.0. The molecule has 0 heterocycles. The molecule has 0 amide bonds. The van der Waals surface area contributed by atoms with Gasteiger partial charge in [0.1, 0.15) is 0 Å². The van der Waals surface area contributed by atoms with Crippen molar-refractivity contribution < 1.29 is 25.9 Å². The Morgan fingerprint density at radius 3 is 0.826 bits per heavy atom. The van der Waals surface area contributed by atoms with Crippen LogP contribution in [0.2, 0.25) is 0 Å². The van der Waals surface area contributed by atoms with E-state index >= 15 is 0 Å². The Morgan fingerprint density at radius 1 is 0.326 bits per heavy atom. The van der Waals surface area contributed by atoms with E-state index in [-0.39, 0.29) is 9.79 Å². The third-order valence-corrected chi connectivity index (χ3v) is 9.13. The van der Waals surface area contributed by atoms with Gasteiger partial charge in [0.05, 0.1) is 9.79 Å². The average Bonchev–Trinajstić information content (AvgIpc) is 3.06. The molecule has 46 heavy (non-hydrogen) atoms. The first-order valence-corrected chi connectivity index (χ1v) is 17.0. The molecule has 0 bridgehead atoms. The van der Waals surface area contributed by atoms with Crippen molar-refractivity contribution in [3.05, 3.63) is 158 Å². The Morgan fingerprint density at radius 2 is 0.565 bits per heavy atom. The van der Waals surface area contributed by atoms with Crippen LogP contribution in [0.25, 0.3) is 11.1 Å². The van der Waals surface area contributed by atoms with Gasteiger partial charge in [0.25, 0.3) is 20.2 Å². The summed E-state index contributed by atoms with van der Waals surface area (Å²) in [4.78, 5) is 3.63. The van der Waals surface area contributed by atoms with Gasteiger partial charge in [-0.1, -0.05) is 60.7 Å². The maximum Gasteiger partial charge on any atom is 0.294 e. The van der Waals surface area contributed by atoms with E-state index < -0.39 is 20.2 Å². The molecule has 2 N–H and O–H groups in total. The molecule has 0 aliphatic heterocycles. The van der Waals surface area contributed by atoms with Gasteiger partial charge >= 0.3 is 0 Å². The molecule has 0 aromatic heterocycles. The zero-order chi connectivity index (χ0) is 32.3. The van der Waals surface area contributed by atoms with Crippen molar-refractivity contribution in [3.63, 3.8) is 0 Å². The van der Waals surface area contributed by atoms with E-state index in [9.17, 15) is 25.9 Å². The molecule has 230 valence electrons. The molecule has 10 heteroatoms. The van der Waals surface area contributed by atoms with E-state index in [1.165, 1.54) is 24.3 Å². The van der Waals surface area contributed by atoms with Gasteiger partial charge in [-0.05, 0) is 108 Å². The Kier molecular flexibility index (Phi) is 8.44. The van der Waals surface area contributed by atoms with Crippen molar-refractivity contribution in [2.24, 2.45) is 0 Å². The average molecular weight is 649 g/mol. The van der Waals surface area contributed by atoms with Gasteiger partial charge < -0.3 is 9.80 Å². The van der Waals surface area contributed by atoms with Gasteiger partial charge in [0.15, 0.2) is 0 Å². The number of anilines is 6. The van der Waals surface area contributed by atoms with Crippen molar-refractivity contribution in [1.29, 1.82) is 0 Å². The molecule has 0 radical (unpaired) electrons. The van der Waals surface area contributed by atoms with Gasteiger partial charge in [0, 0.05) is 34.1 Å². The Hall–Kier alpha value is -5.26. The second-order valence-electron chi connectivity index (χ2n) is 10.4. The van der Waals surface area contributed by atoms with Gasteiger partial charge in [-0.3, -0.25) is 9.11 Å². The van der Waals surface area contributed by atoms with Crippen LogP contribution < -0.4 is 9.80 Å². The molecule has 8 nitrogen and oxygen atoms in total. The van der Waals surface area contributed by atoms with Crippen LogP contribution in [0.3, 0.4) is 0 Å². The first-order valence-electron chi connectivity index (χ1n) is 14.1. The molecule has 6 aromatic carbocycles. The predicted octanol–water partition coefficient (Wildman–Crippen LogP) is 8.79. The molecule has 0 aliphatic rings. The lowest BCUT2D eigenvalue weighted by Gasteiger charge is -2.26. The van der Waals surface area contributed by atoms with E-state index in [1.54, 1.807) is 24.3 Å². The van der Waals surface area contributed by atoms with Crippen LogP contribution >= 0.6 is 0 Å². The summed E-state index contributed by atoms with van der Waals surface area (Å²) < 4.78 is 65.2. The van der Waals surface area contributed by atoms with Crippen LogP contribution in [0, 0.1) is 0 Å². The monoisotopic (exact) mass is 648 g/mol. The van der Waals surface area contributed by atoms with Crippen LogP contribution in [0.5, 0.6) is 0 Å². The number of hydrogen-bond acceptors (Lipinski definition) is 6. The van der Waals surface area contributed by atoms with Crippen LogP contribution in [-0.2, 0) is 20.2 Å². The predicted molar refractivity (Wildman–Crippen MR) is 181 cm³/mol. The molecule has 0 spiro atoms. The summed E-state index contributed by atoms with van der Waals surface area (Å²) in [6, 6.07) is 47.4. The lowest BCUT2D eigenvalue weighted by molar-refractivity contribution is 0.481. The first kappa shape index (κ1) is 30.8. The third-order valence-electron chi connectivity index (χ3n) is 7.40. The maximum absolute atomic E-state index is 11.6. The SMILES string of the molecule is O=S(=O)(O)c1ccc(N(c2ccccc2)c2ccc(-c3ccc(N(c4ccccc4)c4ccc(S(=O)(=O)O)cc4)cc3)cc2)cc1. The van der Waals surface area contributed by atoms with Crippen LogP contribution in [0.1, 0.15) is 0 Å². The molecule has 6 aromatic rings. The minimum Gasteiger partial charge on any atom is -0.311 e. The topological polar surface area (TPSA) is 115 Å². The maximum atomic E-state index is 11.6. The highest BCUT2D eigenvalue weighted by Gasteiger charge is 2.17. The summed E-state index contributed by atoms with van der Waals surface area (Å²) in [6.07, 6.45) is 0. The molecule has 0 atom stereocenters. The zero-order valence-electron chi connectivity index (χ0n) is 24.2. The second-order valence-corrected chi connectivity index (χ2v) is 13.2. The third kappa shape index (κ3) is 6.70. The number of benzene rings is 6.